The maximum absolute atomic E-state index is 13.4. The lowest BCUT2D eigenvalue weighted by Gasteiger charge is -2.48. The van der Waals surface area contributed by atoms with E-state index in [1.807, 2.05) is 6.08 Å². The first-order chi connectivity index (χ1) is 46.3. The number of hydrogen-bond donors (Lipinski definition) is 12. The van der Waals surface area contributed by atoms with Crippen molar-refractivity contribution < 1.29 is 89.4 Å². The van der Waals surface area contributed by atoms with Crippen LogP contribution in [0.1, 0.15) is 181 Å². The zero-order valence-corrected chi connectivity index (χ0v) is 56.8. The maximum Gasteiger partial charge on any atom is 0.220 e. The second-order valence-corrected chi connectivity index (χ2v) is 24.2. The third kappa shape index (κ3) is 36.7. The largest absolute Gasteiger partial charge is 0.394 e. The molecule has 0 spiro atoms. The van der Waals surface area contributed by atoms with Crippen molar-refractivity contribution in [2.24, 2.45) is 0 Å². The summed E-state index contributed by atoms with van der Waals surface area (Å²) in [6.45, 7) is 1.46. The summed E-state index contributed by atoms with van der Waals surface area (Å²) in [5.41, 5.74) is 0. The Hall–Kier alpha value is -4.59. The predicted molar refractivity (Wildman–Crippen MR) is 373 cm³/mol. The highest BCUT2D eigenvalue weighted by Gasteiger charge is 2.53. The second-order valence-electron chi connectivity index (χ2n) is 24.2. The highest BCUT2D eigenvalue weighted by molar-refractivity contribution is 5.76. The minimum Gasteiger partial charge on any atom is -0.394 e. The minimum atomic E-state index is -1.99. The number of amides is 1. The Kier molecular flexibility index (Phi) is 49.3. The van der Waals surface area contributed by atoms with Crippen molar-refractivity contribution >= 4 is 5.91 Å². The number of ether oxygens (including phenoxy) is 6. The van der Waals surface area contributed by atoms with Crippen LogP contribution in [-0.4, -0.2) is 193 Å². The molecule has 17 atom stereocenters. The molecule has 0 bridgehead atoms. The van der Waals surface area contributed by atoms with Crippen molar-refractivity contribution in [2.45, 2.75) is 285 Å². The lowest BCUT2D eigenvalue weighted by Crippen LogP contribution is -2.66. The van der Waals surface area contributed by atoms with Crippen molar-refractivity contribution in [3.05, 3.63) is 158 Å². The highest BCUT2D eigenvalue weighted by Crippen LogP contribution is 2.33. The summed E-state index contributed by atoms with van der Waals surface area (Å²) >= 11 is 0. The Morgan fingerprint density at radius 1 is 0.389 bits per heavy atom. The van der Waals surface area contributed by atoms with E-state index in [1.165, 1.54) is 6.42 Å². The molecule has 3 heterocycles. The topological polar surface area (TPSA) is 307 Å². The Balaban J connectivity index is 1.34. The molecule has 0 aromatic carbocycles. The van der Waals surface area contributed by atoms with Crippen molar-refractivity contribution in [2.75, 3.05) is 26.4 Å². The predicted octanol–water partition coefficient (Wildman–Crippen LogP) is 9.71. The van der Waals surface area contributed by atoms with Crippen LogP contribution in [0.3, 0.4) is 0 Å². The lowest BCUT2D eigenvalue weighted by atomic mass is 9.96. The molecule has 19 nitrogen and oxygen atoms in total. The molecule has 17 unspecified atom stereocenters. The van der Waals surface area contributed by atoms with Crippen LogP contribution >= 0.6 is 0 Å². The van der Waals surface area contributed by atoms with Crippen LogP contribution < -0.4 is 5.32 Å². The van der Waals surface area contributed by atoms with E-state index in [1.54, 1.807) is 6.08 Å². The first kappa shape index (κ1) is 84.6. The SMILES string of the molecule is CC/C=C\C/C=C\C/C=C\C/C=C\C/C=C\C/C=C\C/C=C\C/C=C\C/C=C\C/C=C\CCCCCCCCCCC(=O)NC(COC1OC(CO)C(OC2OC(CO)C(OC3OC(CO)C(O)C(O)C3O)C(O)C2O)C(O)C1O)C(O)/C=C/CC/C=C/CC/C=C/CCC. The fourth-order valence-corrected chi connectivity index (χ4v) is 10.6. The van der Waals surface area contributed by atoms with Gasteiger partial charge in [0.05, 0.1) is 38.6 Å². The Labute approximate surface area is 567 Å². The van der Waals surface area contributed by atoms with Crippen LogP contribution in [0, 0.1) is 0 Å². The molecule has 3 saturated heterocycles. The molecule has 3 aliphatic rings. The molecule has 95 heavy (non-hydrogen) atoms. The highest BCUT2D eigenvalue weighted by atomic mass is 16.8. The normalized spacial score (nSPS) is 28.2. The molecule has 0 aliphatic carbocycles. The van der Waals surface area contributed by atoms with Crippen LogP contribution in [-0.2, 0) is 33.2 Å². The molecule has 0 aromatic rings. The van der Waals surface area contributed by atoms with E-state index in [4.69, 9.17) is 28.4 Å². The smallest absolute Gasteiger partial charge is 0.220 e. The van der Waals surface area contributed by atoms with Crippen LogP contribution in [0.25, 0.3) is 0 Å². The molecule has 3 rings (SSSR count). The molecule has 12 N–H and O–H groups in total. The Bertz CT molecular complexity index is 2340. The molecule has 1 amide bonds. The average Bonchev–Trinajstić information content (AvgIpc) is 0.787. The van der Waals surface area contributed by atoms with Gasteiger partial charge in [0.15, 0.2) is 18.9 Å². The summed E-state index contributed by atoms with van der Waals surface area (Å²) in [4.78, 5) is 13.4. The van der Waals surface area contributed by atoms with Crippen LogP contribution in [0.15, 0.2) is 158 Å². The van der Waals surface area contributed by atoms with Crippen molar-refractivity contribution in [1.29, 1.82) is 0 Å². The molecular formula is C76H121NO18. The van der Waals surface area contributed by atoms with Gasteiger partial charge >= 0.3 is 0 Å². The van der Waals surface area contributed by atoms with Gasteiger partial charge in [-0.05, 0) is 116 Å². The number of carbonyl (C=O) groups is 1. The van der Waals surface area contributed by atoms with E-state index in [-0.39, 0.29) is 18.9 Å². The zero-order chi connectivity index (χ0) is 68.9. The fourth-order valence-electron chi connectivity index (χ4n) is 10.6. The third-order valence-corrected chi connectivity index (χ3v) is 16.3. The number of carbonyl (C=O) groups excluding carboxylic acids is 1. The quantitative estimate of drug-likeness (QED) is 0.0199. The molecule has 3 aliphatic heterocycles. The summed E-state index contributed by atoms with van der Waals surface area (Å²) in [7, 11) is 0. The van der Waals surface area contributed by atoms with Gasteiger partial charge in [-0.3, -0.25) is 4.79 Å². The number of hydrogen-bond acceptors (Lipinski definition) is 18. The number of aliphatic hydroxyl groups is 11. The van der Waals surface area contributed by atoms with Gasteiger partial charge in [0.25, 0.3) is 0 Å². The van der Waals surface area contributed by atoms with Crippen LogP contribution in [0.2, 0.25) is 0 Å². The molecule has 0 saturated carbocycles. The first-order valence-corrected chi connectivity index (χ1v) is 35.2. The Morgan fingerprint density at radius 2 is 0.737 bits per heavy atom. The average molecular weight is 1340 g/mol. The molecule has 0 aromatic heterocycles. The summed E-state index contributed by atoms with van der Waals surface area (Å²) in [6.07, 6.45) is 53.9. The molecule has 538 valence electrons. The summed E-state index contributed by atoms with van der Waals surface area (Å²) in [6, 6.07) is -1.01. The summed E-state index contributed by atoms with van der Waals surface area (Å²) in [5.74, 6) is -0.309. The number of allylic oxidation sites excluding steroid dienone is 25. The van der Waals surface area contributed by atoms with Crippen LogP contribution in [0.5, 0.6) is 0 Å². The van der Waals surface area contributed by atoms with E-state index in [0.717, 1.165) is 141 Å². The standard InChI is InChI=1S/C76H121NO18/c1-3-5-7-9-11-13-15-16-17-18-19-20-21-22-23-24-25-26-27-28-29-30-31-32-33-34-35-36-37-38-39-40-41-42-44-46-48-50-52-54-64(82)77-59(60(81)53-51-49-47-45-43-14-12-10-8-6-4-2)58-90-74-70(88)67(85)72(62(56-79)92-74)95-76-71(89)68(86)73(63(57-80)93-76)94-75-69(87)66(84)65(83)61(55-78)91-75/h5,7-8,10-11,13,16-17,19-20,22-23,25-26,28-29,31-32,34-35,37-38,43,45,51,53,59-63,65-76,78-81,83-89H,3-4,6,9,12,14-15,18,21,24,27,30,33,36,39-42,44,46-50,52,54-58H2,1-2H3,(H,77,82)/b7-5-,10-8+,13-11-,17-16-,20-19-,23-22-,26-25-,29-28-,32-31-,35-34-,38-37-,45-43+,53-51+. The summed E-state index contributed by atoms with van der Waals surface area (Å²) < 4.78 is 34.2. The van der Waals surface area contributed by atoms with Gasteiger partial charge in [-0.25, -0.2) is 0 Å². The van der Waals surface area contributed by atoms with E-state index < -0.39 is 124 Å². The molecule has 0 radical (unpaired) electrons. The number of nitrogens with one attached hydrogen (secondary N) is 1. The maximum atomic E-state index is 13.4. The number of unbranched alkanes of at least 4 members (excludes halogenated alkanes) is 11. The molecule has 19 heteroatoms. The van der Waals surface area contributed by atoms with Gasteiger partial charge in [-0.15, -0.1) is 0 Å². The molecular weight excluding hydrogens is 1210 g/mol. The zero-order valence-electron chi connectivity index (χ0n) is 56.8. The van der Waals surface area contributed by atoms with Gasteiger partial charge in [0, 0.05) is 6.42 Å². The fraction of sp³-hybridized carbons (Fsp3) is 0.645. The third-order valence-electron chi connectivity index (χ3n) is 16.3. The van der Waals surface area contributed by atoms with Crippen molar-refractivity contribution in [3.8, 4) is 0 Å². The second kappa shape index (κ2) is 55.3. The van der Waals surface area contributed by atoms with Crippen molar-refractivity contribution in [1.82, 2.24) is 5.32 Å². The van der Waals surface area contributed by atoms with Gasteiger partial charge in [-0.1, -0.05) is 217 Å². The van der Waals surface area contributed by atoms with Gasteiger partial charge in [0.1, 0.15) is 73.2 Å². The van der Waals surface area contributed by atoms with E-state index in [9.17, 15) is 61.0 Å². The number of aliphatic hydroxyl groups excluding tert-OH is 11. The Morgan fingerprint density at radius 3 is 1.17 bits per heavy atom. The van der Waals surface area contributed by atoms with E-state index >= 15 is 0 Å². The van der Waals surface area contributed by atoms with E-state index in [0.29, 0.717) is 12.8 Å². The lowest BCUT2D eigenvalue weighted by molar-refractivity contribution is -0.379. The van der Waals surface area contributed by atoms with E-state index in [2.05, 4.69) is 165 Å². The molecule has 3 fully saturated rings. The summed E-state index contributed by atoms with van der Waals surface area (Å²) in [5, 5.41) is 120. The van der Waals surface area contributed by atoms with Gasteiger partial charge < -0.3 is 89.9 Å². The van der Waals surface area contributed by atoms with Crippen molar-refractivity contribution in [3.63, 3.8) is 0 Å². The van der Waals surface area contributed by atoms with Gasteiger partial charge in [-0.2, -0.15) is 0 Å². The van der Waals surface area contributed by atoms with Crippen LogP contribution in [0.4, 0.5) is 0 Å². The first-order valence-electron chi connectivity index (χ1n) is 35.2. The number of rotatable bonds is 51. The van der Waals surface area contributed by atoms with Gasteiger partial charge in [0.2, 0.25) is 5.91 Å². The minimum absolute atomic E-state index is 0.211. The monoisotopic (exact) mass is 1340 g/mol.